The summed E-state index contributed by atoms with van der Waals surface area (Å²) < 4.78 is 8.57. The number of pyridine rings is 1. The minimum absolute atomic E-state index is 0.0444. The fraction of sp³-hybridized carbons (Fsp3) is 0.481. The van der Waals surface area contributed by atoms with E-state index in [1.54, 1.807) is 30.5 Å². The zero-order chi connectivity index (χ0) is 26.1. The summed E-state index contributed by atoms with van der Waals surface area (Å²) in [6.07, 6.45) is 5.69. The zero-order valence-corrected chi connectivity index (χ0v) is 22.2. The number of halogens is 1. The molecule has 2 aromatic heterocycles. The molecule has 0 saturated carbocycles. The molecule has 10 heteroatoms. The monoisotopic (exact) mass is 524 g/mol. The van der Waals surface area contributed by atoms with Crippen molar-refractivity contribution in [2.75, 3.05) is 13.1 Å². The Hall–Kier alpha value is -3.01. The molecule has 196 valence electrons. The molecule has 1 amide bonds. The van der Waals surface area contributed by atoms with Gasteiger partial charge < -0.3 is 10.1 Å². The van der Waals surface area contributed by atoms with Crippen molar-refractivity contribution < 1.29 is 9.53 Å². The molecule has 2 saturated heterocycles. The van der Waals surface area contributed by atoms with Crippen LogP contribution in [0.3, 0.4) is 0 Å². The summed E-state index contributed by atoms with van der Waals surface area (Å²) in [7, 11) is 0. The van der Waals surface area contributed by atoms with Crippen molar-refractivity contribution in [1.82, 2.24) is 29.5 Å². The Bertz CT molecular complexity index is 1310. The molecule has 3 unspecified atom stereocenters. The number of carbonyl (C=O) groups is 1. The molecule has 2 bridgehead atoms. The average molecular weight is 525 g/mol. The summed E-state index contributed by atoms with van der Waals surface area (Å²) in [5, 5.41) is 7.90. The summed E-state index contributed by atoms with van der Waals surface area (Å²) in [5.74, 6) is 0.485. The number of ether oxygens (including phenoxy) is 1. The van der Waals surface area contributed by atoms with Gasteiger partial charge in [-0.25, -0.2) is 9.78 Å². The molecule has 0 radical (unpaired) electrons. The van der Waals surface area contributed by atoms with Crippen LogP contribution in [0.25, 0.3) is 17.2 Å². The minimum Gasteiger partial charge on any atom is -0.372 e. The molecule has 37 heavy (non-hydrogen) atoms. The Kier molecular flexibility index (Phi) is 7.46. The van der Waals surface area contributed by atoms with Crippen molar-refractivity contribution in [3.63, 3.8) is 0 Å². The molecule has 5 rings (SSSR count). The predicted octanol–water partition coefficient (Wildman–Crippen LogP) is 3.07. The summed E-state index contributed by atoms with van der Waals surface area (Å²) in [6, 6.07) is 11.2. The van der Waals surface area contributed by atoms with Crippen molar-refractivity contribution >= 4 is 17.5 Å². The Labute approximate surface area is 221 Å². The van der Waals surface area contributed by atoms with Gasteiger partial charge in [0, 0.05) is 42.0 Å². The summed E-state index contributed by atoms with van der Waals surface area (Å²) >= 11 is 6.20. The number of amides is 1. The predicted molar refractivity (Wildman–Crippen MR) is 142 cm³/mol. The van der Waals surface area contributed by atoms with E-state index < -0.39 is 5.69 Å². The normalized spacial score (nSPS) is 20.4. The largest absolute Gasteiger partial charge is 0.372 e. The number of hydrogen-bond donors (Lipinski definition) is 1. The van der Waals surface area contributed by atoms with Crippen LogP contribution in [0.4, 0.5) is 0 Å². The molecule has 4 heterocycles. The maximum Gasteiger partial charge on any atom is 0.352 e. The number of rotatable bonds is 8. The molecule has 3 aromatic rings. The van der Waals surface area contributed by atoms with Crippen LogP contribution in [0.5, 0.6) is 0 Å². The zero-order valence-electron chi connectivity index (χ0n) is 21.4. The smallest absolute Gasteiger partial charge is 0.352 e. The van der Waals surface area contributed by atoms with E-state index in [-0.39, 0.29) is 18.5 Å². The maximum atomic E-state index is 13.4. The highest BCUT2D eigenvalue weighted by atomic mass is 35.5. The lowest BCUT2D eigenvalue weighted by atomic mass is 10.1. The van der Waals surface area contributed by atoms with Gasteiger partial charge in [-0.15, -0.1) is 5.10 Å². The highest BCUT2D eigenvalue weighted by molar-refractivity contribution is 6.30. The second-order valence-electron chi connectivity index (χ2n) is 10.3. The van der Waals surface area contributed by atoms with E-state index in [1.165, 1.54) is 9.25 Å². The Morgan fingerprint density at radius 3 is 2.57 bits per heavy atom. The van der Waals surface area contributed by atoms with E-state index in [4.69, 9.17) is 16.3 Å². The van der Waals surface area contributed by atoms with Crippen LogP contribution >= 0.6 is 11.6 Å². The average Bonchev–Trinajstić information content (AvgIpc) is 3.37. The lowest BCUT2D eigenvalue weighted by Gasteiger charge is -2.36. The number of carbonyl (C=O) groups excluding carboxylic acids is 1. The number of benzene rings is 1. The van der Waals surface area contributed by atoms with Crippen LogP contribution in [-0.4, -0.2) is 67.5 Å². The van der Waals surface area contributed by atoms with Gasteiger partial charge in [0.05, 0.1) is 12.2 Å². The fourth-order valence-corrected chi connectivity index (χ4v) is 5.37. The number of morpholine rings is 1. The lowest BCUT2D eigenvalue weighted by molar-refractivity contribution is -0.122. The Balaban J connectivity index is 1.38. The van der Waals surface area contributed by atoms with Gasteiger partial charge in [-0.3, -0.25) is 14.3 Å². The molecule has 1 aromatic carbocycles. The van der Waals surface area contributed by atoms with E-state index in [1.807, 2.05) is 26.0 Å². The first-order valence-electron chi connectivity index (χ1n) is 12.9. The molecule has 9 nitrogen and oxygen atoms in total. The molecule has 2 aliphatic rings. The molecule has 3 atom stereocenters. The van der Waals surface area contributed by atoms with E-state index in [0.29, 0.717) is 40.5 Å². The first kappa shape index (κ1) is 25.6. The molecule has 0 spiro atoms. The third-order valence-electron chi connectivity index (χ3n) is 6.95. The molecule has 0 aliphatic carbocycles. The van der Waals surface area contributed by atoms with Gasteiger partial charge in [0.1, 0.15) is 6.54 Å². The van der Waals surface area contributed by atoms with Gasteiger partial charge in [-0.05, 0) is 63.8 Å². The fourth-order valence-electron chi connectivity index (χ4n) is 5.18. The highest BCUT2D eigenvalue weighted by Crippen LogP contribution is 2.28. The number of nitrogens with one attached hydrogen (secondary N) is 1. The van der Waals surface area contributed by atoms with Crippen molar-refractivity contribution in [3.8, 4) is 17.2 Å². The van der Waals surface area contributed by atoms with Crippen molar-refractivity contribution in [2.24, 2.45) is 0 Å². The van der Waals surface area contributed by atoms with Crippen LogP contribution in [-0.2, 0) is 22.5 Å². The van der Waals surface area contributed by atoms with Crippen molar-refractivity contribution in [1.29, 1.82) is 0 Å². The Morgan fingerprint density at radius 1 is 1.16 bits per heavy atom. The number of likely N-dealkylation sites (tertiary alicyclic amines) is 1. The van der Waals surface area contributed by atoms with Crippen LogP contribution in [0, 0.1) is 0 Å². The summed E-state index contributed by atoms with van der Waals surface area (Å²) in [4.78, 5) is 33.0. The highest BCUT2D eigenvalue weighted by Gasteiger charge is 2.35. The Morgan fingerprint density at radius 2 is 1.92 bits per heavy atom. The second kappa shape index (κ2) is 10.8. The maximum absolute atomic E-state index is 13.4. The van der Waals surface area contributed by atoms with E-state index >= 15 is 0 Å². The number of aromatic nitrogens is 4. The minimum atomic E-state index is -0.439. The molecular formula is C27H33ClN6O3. The van der Waals surface area contributed by atoms with E-state index in [0.717, 1.165) is 37.9 Å². The van der Waals surface area contributed by atoms with Crippen molar-refractivity contribution in [3.05, 3.63) is 63.7 Å². The first-order valence-corrected chi connectivity index (χ1v) is 13.2. The van der Waals surface area contributed by atoms with Crippen molar-refractivity contribution in [2.45, 2.75) is 70.9 Å². The third kappa shape index (κ3) is 5.79. The molecule has 1 N–H and O–H groups in total. The SMILES string of the molecule is CC(C)NC(=O)Cn1c(-c2cccc(Cl)c2)nn(-c2ccc(CC(C)N3CC4CCC(C3)O4)cn2)c1=O. The number of hydrogen-bond acceptors (Lipinski definition) is 6. The van der Waals surface area contributed by atoms with Crippen LogP contribution in [0.2, 0.25) is 5.02 Å². The topological polar surface area (TPSA) is 94.3 Å². The van der Waals surface area contributed by atoms with Crippen LogP contribution < -0.4 is 11.0 Å². The van der Waals surface area contributed by atoms with Gasteiger partial charge in [0.15, 0.2) is 11.6 Å². The molecule has 2 aliphatic heterocycles. The third-order valence-corrected chi connectivity index (χ3v) is 7.18. The van der Waals surface area contributed by atoms with Crippen LogP contribution in [0.15, 0.2) is 47.4 Å². The molecular weight excluding hydrogens is 492 g/mol. The standard InChI is InChI=1S/C27H33ClN6O3/c1-17(2)30-25(35)16-33-26(20-5-4-6-21(28)12-20)31-34(27(33)36)24-10-7-19(13-29-24)11-18(3)32-14-22-8-9-23(15-32)37-22/h4-7,10,12-13,17-18,22-23H,8-9,11,14-16H2,1-3H3,(H,30,35). The van der Waals surface area contributed by atoms with Crippen LogP contribution in [0.1, 0.15) is 39.2 Å². The molecule has 2 fully saturated rings. The van der Waals surface area contributed by atoms with Gasteiger partial charge in [-0.2, -0.15) is 4.68 Å². The first-order chi connectivity index (χ1) is 17.8. The number of fused-ring (bicyclic) bond motifs is 2. The summed E-state index contributed by atoms with van der Waals surface area (Å²) in [6.45, 7) is 7.79. The second-order valence-corrected chi connectivity index (χ2v) is 10.8. The van der Waals surface area contributed by atoms with E-state index in [9.17, 15) is 9.59 Å². The van der Waals surface area contributed by atoms with Gasteiger partial charge in [-0.1, -0.05) is 29.8 Å². The van der Waals surface area contributed by atoms with E-state index in [2.05, 4.69) is 27.2 Å². The quantitative estimate of drug-likeness (QED) is 0.487. The van der Waals surface area contributed by atoms with Gasteiger partial charge >= 0.3 is 5.69 Å². The summed E-state index contributed by atoms with van der Waals surface area (Å²) in [5.41, 5.74) is 1.30. The lowest BCUT2D eigenvalue weighted by Crippen LogP contribution is -2.47. The van der Waals surface area contributed by atoms with Gasteiger partial charge in [0.2, 0.25) is 5.91 Å². The van der Waals surface area contributed by atoms with Gasteiger partial charge in [0.25, 0.3) is 0 Å². The number of nitrogens with zero attached hydrogens (tertiary/aromatic N) is 5.